The highest BCUT2D eigenvalue weighted by atomic mass is 19.4. The van der Waals surface area contributed by atoms with E-state index in [2.05, 4.69) is 10.6 Å². The van der Waals surface area contributed by atoms with Crippen LogP contribution in [0.1, 0.15) is 65.7 Å². The van der Waals surface area contributed by atoms with Crippen LogP contribution in [0.5, 0.6) is 0 Å². The van der Waals surface area contributed by atoms with Gasteiger partial charge in [0.2, 0.25) is 5.95 Å². The zero-order valence-corrected chi connectivity index (χ0v) is 19.3. The van der Waals surface area contributed by atoms with E-state index in [0.717, 1.165) is 56.1 Å². The number of hydrogen-bond donors (Lipinski definition) is 2. The molecule has 0 unspecified atom stereocenters. The largest absolute Gasteiger partial charge is 0.419 e. The quantitative estimate of drug-likeness (QED) is 0.607. The van der Waals surface area contributed by atoms with Gasteiger partial charge in [-0.2, -0.15) is 18.2 Å². The monoisotopic (exact) mass is 479 g/mol. The van der Waals surface area contributed by atoms with Crippen LogP contribution in [0.15, 0.2) is 18.2 Å². The summed E-state index contributed by atoms with van der Waals surface area (Å²) in [6, 6.07) is 2.28. The molecule has 184 valence electrons. The number of carbonyl (C=O) groups excluding carboxylic acids is 1. The van der Waals surface area contributed by atoms with E-state index in [9.17, 15) is 22.4 Å². The van der Waals surface area contributed by atoms with E-state index >= 15 is 0 Å². The third-order valence-electron chi connectivity index (χ3n) is 6.52. The number of fused-ring (bicyclic) bond motifs is 1. The molecule has 0 spiro atoms. The molecule has 6 nitrogen and oxygen atoms in total. The van der Waals surface area contributed by atoms with Gasteiger partial charge in [-0.3, -0.25) is 4.79 Å². The van der Waals surface area contributed by atoms with Crippen LogP contribution in [-0.4, -0.2) is 42.1 Å². The summed E-state index contributed by atoms with van der Waals surface area (Å²) in [7, 11) is 3.97. The number of nitrogens with zero attached hydrogens (tertiary/aromatic N) is 3. The summed E-state index contributed by atoms with van der Waals surface area (Å²) in [6.07, 6.45) is 2.39. The van der Waals surface area contributed by atoms with Gasteiger partial charge in [-0.1, -0.05) is 0 Å². The minimum atomic E-state index is -4.79. The molecule has 1 aromatic heterocycles. The van der Waals surface area contributed by atoms with Crippen molar-refractivity contribution in [2.24, 2.45) is 0 Å². The summed E-state index contributed by atoms with van der Waals surface area (Å²) < 4.78 is 52.0. The van der Waals surface area contributed by atoms with Gasteiger partial charge in [0.05, 0.1) is 11.3 Å². The molecule has 2 aliphatic rings. The molecule has 4 rings (SSSR count). The molecule has 0 bridgehead atoms. The molecule has 34 heavy (non-hydrogen) atoms. The SMILES string of the molecule is CN(C)c1nc(NC2CCC(NC(=O)c3ccc(C(F)(F)F)c(F)c3)CC2)nc2c1CCCC2. The molecular weight excluding hydrogens is 450 g/mol. The van der Waals surface area contributed by atoms with Crippen molar-refractivity contribution < 1.29 is 22.4 Å². The highest BCUT2D eigenvalue weighted by molar-refractivity contribution is 5.94. The molecule has 1 heterocycles. The minimum absolute atomic E-state index is 0.121. The predicted octanol–water partition coefficient (Wildman–Crippen LogP) is 4.73. The number of hydrogen-bond acceptors (Lipinski definition) is 5. The molecule has 1 amide bonds. The lowest BCUT2D eigenvalue weighted by molar-refractivity contribution is -0.140. The van der Waals surface area contributed by atoms with Crippen LogP contribution < -0.4 is 15.5 Å². The van der Waals surface area contributed by atoms with E-state index in [1.165, 1.54) is 5.56 Å². The van der Waals surface area contributed by atoms with Crippen LogP contribution in [0.3, 0.4) is 0 Å². The first-order valence-corrected chi connectivity index (χ1v) is 11.6. The van der Waals surface area contributed by atoms with E-state index in [0.29, 0.717) is 30.9 Å². The standard InChI is InChI=1S/C24H29F4N5O/c1-33(2)21-17-5-3-4-6-20(17)31-23(32-21)30-16-10-8-15(9-11-16)29-22(34)14-7-12-18(19(25)13-14)24(26,27)28/h7,12-13,15-16H,3-6,8-11H2,1-2H3,(H,29,34)(H,30,31,32). The van der Waals surface area contributed by atoms with Crippen molar-refractivity contribution in [1.29, 1.82) is 0 Å². The maximum Gasteiger partial charge on any atom is 0.419 e. The number of benzene rings is 1. The van der Waals surface area contributed by atoms with Crippen LogP contribution in [-0.2, 0) is 19.0 Å². The Bertz CT molecular complexity index is 1050. The maximum absolute atomic E-state index is 13.8. The van der Waals surface area contributed by atoms with Crippen LogP contribution in [0.25, 0.3) is 0 Å². The van der Waals surface area contributed by atoms with Gasteiger partial charge in [0, 0.05) is 37.3 Å². The molecule has 1 aromatic carbocycles. The number of carbonyl (C=O) groups is 1. The molecule has 0 radical (unpaired) electrons. The summed E-state index contributed by atoms with van der Waals surface area (Å²) in [5.74, 6) is -0.443. The van der Waals surface area contributed by atoms with E-state index in [1.807, 2.05) is 19.0 Å². The molecular formula is C24H29F4N5O. The minimum Gasteiger partial charge on any atom is -0.362 e. The van der Waals surface area contributed by atoms with E-state index in [1.54, 1.807) is 0 Å². The fourth-order valence-corrected chi connectivity index (χ4v) is 4.73. The van der Waals surface area contributed by atoms with Crippen molar-refractivity contribution in [1.82, 2.24) is 15.3 Å². The van der Waals surface area contributed by atoms with Crippen LogP contribution >= 0.6 is 0 Å². The first-order valence-electron chi connectivity index (χ1n) is 11.6. The Kier molecular flexibility index (Phi) is 6.95. The Labute approximate surface area is 196 Å². The smallest absolute Gasteiger partial charge is 0.362 e. The van der Waals surface area contributed by atoms with Crippen LogP contribution in [0.4, 0.5) is 29.3 Å². The second kappa shape index (κ2) is 9.76. The van der Waals surface area contributed by atoms with Gasteiger partial charge in [-0.05, 0) is 69.6 Å². The second-order valence-electron chi connectivity index (χ2n) is 9.26. The molecule has 2 N–H and O–H groups in total. The Morgan fingerprint density at radius 1 is 1.03 bits per heavy atom. The Hall–Kier alpha value is -2.91. The molecule has 1 saturated carbocycles. The highest BCUT2D eigenvalue weighted by Gasteiger charge is 2.34. The second-order valence-corrected chi connectivity index (χ2v) is 9.26. The molecule has 1 fully saturated rings. The third kappa shape index (κ3) is 5.42. The summed E-state index contributed by atoms with van der Waals surface area (Å²) in [4.78, 5) is 24.0. The van der Waals surface area contributed by atoms with Crippen molar-refractivity contribution in [3.63, 3.8) is 0 Å². The van der Waals surface area contributed by atoms with Crippen LogP contribution in [0, 0.1) is 5.82 Å². The van der Waals surface area contributed by atoms with Crippen molar-refractivity contribution >= 4 is 17.7 Å². The topological polar surface area (TPSA) is 70.2 Å². The van der Waals surface area contributed by atoms with Gasteiger partial charge in [0.1, 0.15) is 11.6 Å². The first-order chi connectivity index (χ1) is 16.1. The number of anilines is 2. The van der Waals surface area contributed by atoms with Gasteiger partial charge in [0.25, 0.3) is 5.91 Å². The lowest BCUT2D eigenvalue weighted by Crippen LogP contribution is -2.40. The number of aromatic nitrogens is 2. The van der Waals surface area contributed by atoms with E-state index in [-0.39, 0.29) is 17.6 Å². The number of aryl methyl sites for hydroxylation is 1. The summed E-state index contributed by atoms with van der Waals surface area (Å²) >= 11 is 0. The zero-order valence-electron chi connectivity index (χ0n) is 19.3. The number of halogens is 4. The molecule has 2 aliphatic carbocycles. The van der Waals surface area contributed by atoms with E-state index < -0.39 is 23.5 Å². The molecule has 0 saturated heterocycles. The lowest BCUT2D eigenvalue weighted by Gasteiger charge is -2.30. The average Bonchev–Trinajstić information content (AvgIpc) is 2.78. The van der Waals surface area contributed by atoms with E-state index in [4.69, 9.17) is 9.97 Å². The zero-order chi connectivity index (χ0) is 24.5. The number of amides is 1. The average molecular weight is 480 g/mol. The van der Waals surface area contributed by atoms with Gasteiger partial charge < -0.3 is 15.5 Å². The van der Waals surface area contributed by atoms with Crippen molar-refractivity contribution in [2.45, 2.75) is 69.6 Å². The fraction of sp³-hybridized carbons (Fsp3) is 0.542. The maximum atomic E-state index is 13.8. The Balaban J connectivity index is 1.34. The normalized spacial score (nSPS) is 20.4. The van der Waals surface area contributed by atoms with Crippen LogP contribution in [0.2, 0.25) is 0 Å². The van der Waals surface area contributed by atoms with Crippen molar-refractivity contribution in [3.8, 4) is 0 Å². The molecule has 10 heteroatoms. The lowest BCUT2D eigenvalue weighted by atomic mass is 9.91. The number of rotatable bonds is 5. The van der Waals surface area contributed by atoms with Crippen molar-refractivity contribution in [3.05, 3.63) is 46.4 Å². The first kappa shape index (κ1) is 24.2. The fourth-order valence-electron chi connectivity index (χ4n) is 4.73. The summed E-state index contributed by atoms with van der Waals surface area (Å²) in [6.45, 7) is 0. The van der Waals surface area contributed by atoms with Gasteiger partial charge in [-0.25, -0.2) is 9.37 Å². The summed E-state index contributed by atoms with van der Waals surface area (Å²) in [5, 5.41) is 6.26. The van der Waals surface area contributed by atoms with Gasteiger partial charge >= 0.3 is 6.18 Å². The number of alkyl halides is 3. The molecule has 0 aliphatic heterocycles. The van der Waals surface area contributed by atoms with Gasteiger partial charge in [-0.15, -0.1) is 0 Å². The molecule has 2 aromatic rings. The Morgan fingerprint density at radius 3 is 2.35 bits per heavy atom. The highest BCUT2D eigenvalue weighted by Crippen LogP contribution is 2.32. The van der Waals surface area contributed by atoms with Gasteiger partial charge in [0.15, 0.2) is 0 Å². The third-order valence-corrected chi connectivity index (χ3v) is 6.52. The molecule has 0 atom stereocenters. The Morgan fingerprint density at radius 2 is 1.71 bits per heavy atom. The summed E-state index contributed by atoms with van der Waals surface area (Å²) in [5.41, 5.74) is 0.840. The predicted molar refractivity (Wildman–Crippen MR) is 122 cm³/mol. The number of nitrogens with one attached hydrogen (secondary N) is 2. The van der Waals surface area contributed by atoms with Crippen molar-refractivity contribution in [2.75, 3.05) is 24.3 Å².